The normalized spacial score (nSPS) is 11.3. The summed E-state index contributed by atoms with van der Waals surface area (Å²) in [4.78, 5) is 15.4. The summed E-state index contributed by atoms with van der Waals surface area (Å²) in [5.41, 5.74) is 1.05. The second-order valence-corrected chi connectivity index (χ2v) is 9.57. The molecule has 0 aliphatic heterocycles. The number of ether oxygens (including phenoxy) is 2. The molecule has 0 fully saturated rings. The first-order valence-corrected chi connectivity index (χ1v) is 14.4. The third-order valence-corrected chi connectivity index (χ3v) is 6.28. The highest BCUT2D eigenvalue weighted by atomic mass is 16.6. The first-order valence-electron chi connectivity index (χ1n) is 14.4. The molecule has 6 nitrogen and oxygen atoms in total. The zero-order chi connectivity index (χ0) is 26.6. The van der Waals surface area contributed by atoms with Crippen molar-refractivity contribution in [2.24, 2.45) is 0 Å². The molecule has 0 atom stereocenters. The monoisotopic (exact) mass is 513 g/mol. The molecule has 1 aromatic carbocycles. The Labute approximate surface area is 223 Å². The van der Waals surface area contributed by atoms with Crippen molar-refractivity contribution >= 4 is 5.97 Å². The van der Waals surface area contributed by atoms with Crippen molar-refractivity contribution in [3.63, 3.8) is 0 Å². The van der Waals surface area contributed by atoms with Gasteiger partial charge in [-0.25, -0.2) is 4.98 Å². The Morgan fingerprint density at radius 2 is 1.43 bits per heavy atom. The molecule has 0 aliphatic rings. The molecule has 0 unspecified atom stereocenters. The van der Waals surface area contributed by atoms with Crippen LogP contribution < -0.4 is 9.47 Å². The number of nitrogens with zero attached hydrogens (tertiary/aromatic N) is 1. The van der Waals surface area contributed by atoms with E-state index in [1.165, 1.54) is 83.5 Å². The summed E-state index contributed by atoms with van der Waals surface area (Å²) in [7, 11) is 0. The number of oxazole rings is 1. The average Bonchev–Trinajstić information content (AvgIpc) is 3.28. The van der Waals surface area contributed by atoms with Gasteiger partial charge in [-0.15, -0.1) is 0 Å². The lowest BCUT2D eigenvalue weighted by Crippen LogP contribution is -2.03. The van der Waals surface area contributed by atoms with Crippen LogP contribution in [-0.4, -0.2) is 29.3 Å². The Morgan fingerprint density at radius 3 is 2.03 bits per heavy atom. The number of carboxylic acids is 1. The van der Waals surface area contributed by atoms with Crippen LogP contribution in [0.2, 0.25) is 0 Å². The SMILES string of the molecule is CCCCCCCCC=CCCCCCCCCOc1ccc(-c2nc(CC(=O)O)c(OCC)o2)cc1. The molecule has 0 saturated heterocycles. The summed E-state index contributed by atoms with van der Waals surface area (Å²) in [6, 6.07) is 7.50. The molecule has 0 saturated carbocycles. The lowest BCUT2D eigenvalue weighted by atomic mass is 10.1. The van der Waals surface area contributed by atoms with E-state index in [2.05, 4.69) is 24.1 Å². The standard InChI is InChI=1S/C31H47NO5/c1-3-5-6-7-8-9-10-11-12-13-14-15-16-17-18-19-24-36-27-22-20-26(21-23-27)30-32-28(25-29(33)34)31(37-30)35-4-2/h11-12,20-23H,3-10,13-19,24-25H2,1-2H3,(H,33,34). The van der Waals surface area contributed by atoms with Crippen LogP contribution in [0.1, 0.15) is 109 Å². The van der Waals surface area contributed by atoms with E-state index in [9.17, 15) is 4.79 Å². The second-order valence-electron chi connectivity index (χ2n) is 9.57. The Balaban J connectivity index is 1.52. The van der Waals surface area contributed by atoms with Gasteiger partial charge in [0.05, 0.1) is 19.6 Å². The maximum absolute atomic E-state index is 11.1. The molecule has 0 radical (unpaired) electrons. The molecule has 2 rings (SSSR count). The predicted octanol–water partition coefficient (Wildman–Crippen LogP) is 8.78. The van der Waals surface area contributed by atoms with Crippen LogP contribution in [0.5, 0.6) is 11.7 Å². The van der Waals surface area contributed by atoms with Gasteiger partial charge in [0, 0.05) is 5.56 Å². The van der Waals surface area contributed by atoms with Gasteiger partial charge in [-0.2, -0.15) is 0 Å². The fraction of sp³-hybridized carbons (Fsp3) is 0.613. The summed E-state index contributed by atoms with van der Waals surface area (Å²) >= 11 is 0. The minimum atomic E-state index is -0.976. The molecule has 0 aliphatic carbocycles. The number of benzene rings is 1. The molecule has 1 aromatic heterocycles. The van der Waals surface area contributed by atoms with Crippen molar-refractivity contribution in [1.82, 2.24) is 4.98 Å². The Morgan fingerprint density at radius 1 is 0.838 bits per heavy atom. The van der Waals surface area contributed by atoms with Crippen LogP contribution >= 0.6 is 0 Å². The number of hydrogen-bond donors (Lipinski definition) is 1. The number of carboxylic acid groups (broad SMARTS) is 1. The highest BCUT2D eigenvalue weighted by molar-refractivity contribution is 5.70. The number of aliphatic carboxylic acids is 1. The molecular weight excluding hydrogens is 466 g/mol. The number of unbranched alkanes of at least 4 members (excludes halogenated alkanes) is 12. The van der Waals surface area contributed by atoms with E-state index in [0.29, 0.717) is 24.8 Å². The van der Waals surface area contributed by atoms with Gasteiger partial charge in [-0.1, -0.05) is 76.9 Å². The van der Waals surface area contributed by atoms with E-state index in [1.807, 2.05) is 31.2 Å². The maximum atomic E-state index is 11.1. The molecular formula is C31H47NO5. The minimum Gasteiger partial charge on any atom is -0.494 e. The number of aromatic nitrogens is 1. The van der Waals surface area contributed by atoms with Crippen LogP contribution in [0.25, 0.3) is 11.5 Å². The lowest BCUT2D eigenvalue weighted by molar-refractivity contribution is -0.136. The van der Waals surface area contributed by atoms with Crippen molar-refractivity contribution in [3.05, 3.63) is 42.1 Å². The summed E-state index contributed by atoms with van der Waals surface area (Å²) in [5.74, 6) is 0.342. The summed E-state index contributed by atoms with van der Waals surface area (Å²) < 4.78 is 16.9. The molecule has 0 amide bonds. The zero-order valence-corrected chi connectivity index (χ0v) is 23.0. The number of allylic oxidation sites excluding steroid dienone is 2. The topological polar surface area (TPSA) is 81.8 Å². The Kier molecular flexibility index (Phi) is 15.9. The van der Waals surface area contributed by atoms with Gasteiger partial charge in [0.25, 0.3) is 0 Å². The van der Waals surface area contributed by atoms with Crippen LogP contribution in [0.15, 0.2) is 40.8 Å². The maximum Gasteiger partial charge on any atom is 0.309 e. The van der Waals surface area contributed by atoms with Crippen molar-refractivity contribution in [1.29, 1.82) is 0 Å². The fourth-order valence-corrected chi connectivity index (χ4v) is 4.19. The van der Waals surface area contributed by atoms with Crippen molar-refractivity contribution < 1.29 is 23.8 Å². The van der Waals surface area contributed by atoms with Crippen LogP contribution in [0.4, 0.5) is 0 Å². The summed E-state index contributed by atoms with van der Waals surface area (Å²) in [5, 5.41) is 9.06. The van der Waals surface area contributed by atoms with Gasteiger partial charge in [-0.05, 0) is 63.3 Å². The predicted molar refractivity (Wildman–Crippen MR) is 149 cm³/mol. The van der Waals surface area contributed by atoms with Crippen molar-refractivity contribution in [2.75, 3.05) is 13.2 Å². The van der Waals surface area contributed by atoms with Crippen LogP contribution in [0, 0.1) is 0 Å². The third kappa shape index (κ3) is 13.4. The highest BCUT2D eigenvalue weighted by Gasteiger charge is 2.18. The number of hydrogen-bond acceptors (Lipinski definition) is 5. The van der Waals surface area contributed by atoms with Gasteiger partial charge in [0.2, 0.25) is 5.89 Å². The lowest BCUT2D eigenvalue weighted by Gasteiger charge is -2.06. The Hall–Kier alpha value is -2.76. The van der Waals surface area contributed by atoms with Gasteiger partial charge >= 0.3 is 11.9 Å². The molecule has 2 aromatic rings. The summed E-state index contributed by atoms with van der Waals surface area (Å²) in [6.07, 6.45) is 22.6. The number of rotatable bonds is 22. The molecule has 6 heteroatoms. The van der Waals surface area contributed by atoms with E-state index in [0.717, 1.165) is 17.7 Å². The van der Waals surface area contributed by atoms with Gasteiger partial charge in [0.1, 0.15) is 11.4 Å². The van der Waals surface area contributed by atoms with Gasteiger partial charge in [0.15, 0.2) is 0 Å². The van der Waals surface area contributed by atoms with E-state index >= 15 is 0 Å². The molecule has 206 valence electrons. The second kappa shape index (κ2) is 19.4. The largest absolute Gasteiger partial charge is 0.494 e. The first-order chi connectivity index (χ1) is 18.1. The molecule has 0 bridgehead atoms. The van der Waals surface area contributed by atoms with Crippen LogP contribution in [0.3, 0.4) is 0 Å². The quantitative estimate of drug-likeness (QED) is 0.125. The number of carbonyl (C=O) groups is 1. The van der Waals surface area contributed by atoms with Crippen molar-refractivity contribution in [3.8, 4) is 23.1 Å². The molecule has 0 spiro atoms. The molecule has 1 heterocycles. The van der Waals surface area contributed by atoms with Gasteiger partial charge in [-0.3, -0.25) is 4.79 Å². The average molecular weight is 514 g/mol. The Bertz CT molecular complexity index is 888. The smallest absolute Gasteiger partial charge is 0.309 e. The first kappa shape index (κ1) is 30.5. The van der Waals surface area contributed by atoms with E-state index < -0.39 is 5.97 Å². The van der Waals surface area contributed by atoms with Gasteiger partial charge < -0.3 is 19.0 Å². The van der Waals surface area contributed by atoms with Crippen molar-refractivity contribution in [2.45, 2.75) is 110 Å². The fourth-order valence-electron chi connectivity index (χ4n) is 4.19. The third-order valence-electron chi connectivity index (χ3n) is 6.28. The molecule has 1 N–H and O–H groups in total. The zero-order valence-electron chi connectivity index (χ0n) is 23.0. The van der Waals surface area contributed by atoms with E-state index in [-0.39, 0.29) is 12.4 Å². The van der Waals surface area contributed by atoms with E-state index in [4.69, 9.17) is 19.0 Å². The minimum absolute atomic E-state index is 0.167. The van der Waals surface area contributed by atoms with Crippen LogP contribution in [-0.2, 0) is 11.2 Å². The molecule has 37 heavy (non-hydrogen) atoms. The highest BCUT2D eigenvalue weighted by Crippen LogP contribution is 2.29. The van der Waals surface area contributed by atoms with E-state index in [1.54, 1.807) is 0 Å². The summed E-state index contributed by atoms with van der Waals surface area (Å²) in [6.45, 7) is 5.17.